The molecule has 0 spiro atoms. The van der Waals surface area contributed by atoms with Crippen LogP contribution in [0.2, 0.25) is 5.02 Å². The molecule has 1 aromatic carbocycles. The van der Waals surface area contributed by atoms with Crippen LogP contribution in [-0.2, 0) is 10.0 Å². The van der Waals surface area contributed by atoms with E-state index >= 15 is 0 Å². The zero-order chi connectivity index (χ0) is 14.0. The van der Waals surface area contributed by atoms with Gasteiger partial charge in [0, 0.05) is 11.3 Å². The van der Waals surface area contributed by atoms with Crippen LogP contribution < -0.4 is 10.5 Å². The van der Waals surface area contributed by atoms with Crippen molar-refractivity contribution in [3.8, 4) is 0 Å². The molecular weight excluding hydrogens is 292 g/mol. The van der Waals surface area contributed by atoms with Crippen molar-refractivity contribution in [2.75, 3.05) is 18.5 Å². The smallest absolute Gasteiger partial charge is 0.244 e. The van der Waals surface area contributed by atoms with Crippen LogP contribution in [0.25, 0.3) is 0 Å². The van der Waals surface area contributed by atoms with Gasteiger partial charge in [0.15, 0.2) is 0 Å². The lowest BCUT2D eigenvalue weighted by Crippen LogP contribution is -2.36. The first-order valence-corrected chi connectivity index (χ1v) is 8.37. The standard InChI is InChI=1S/C11H17ClN2O2S2/c1-11(2,17-3)7-14-18(15,16)10-8(12)5-4-6-9(10)13/h4-6,14H,7,13H2,1-3H3. The average Bonchev–Trinajstić information content (AvgIpc) is 2.26. The predicted molar refractivity (Wildman–Crippen MR) is 78.6 cm³/mol. The zero-order valence-electron chi connectivity index (χ0n) is 10.5. The second-order valence-corrected chi connectivity index (χ2v) is 8.07. The Hall–Kier alpha value is -0.430. The maximum absolute atomic E-state index is 12.2. The molecule has 18 heavy (non-hydrogen) atoms. The Morgan fingerprint density at radius 2 is 2.06 bits per heavy atom. The maximum Gasteiger partial charge on any atom is 0.244 e. The minimum atomic E-state index is -3.69. The van der Waals surface area contributed by atoms with Gasteiger partial charge in [0.1, 0.15) is 4.90 Å². The molecule has 0 saturated heterocycles. The third-order valence-electron chi connectivity index (χ3n) is 2.51. The van der Waals surface area contributed by atoms with Crippen molar-refractivity contribution in [2.45, 2.75) is 23.5 Å². The van der Waals surface area contributed by atoms with E-state index in [0.717, 1.165) is 0 Å². The van der Waals surface area contributed by atoms with Crippen molar-refractivity contribution < 1.29 is 8.42 Å². The van der Waals surface area contributed by atoms with Crippen molar-refractivity contribution in [1.29, 1.82) is 0 Å². The first-order valence-electron chi connectivity index (χ1n) is 5.28. The highest BCUT2D eigenvalue weighted by Gasteiger charge is 2.24. The summed E-state index contributed by atoms with van der Waals surface area (Å²) in [6.07, 6.45) is 1.93. The van der Waals surface area contributed by atoms with Crippen LogP contribution in [0.15, 0.2) is 23.1 Å². The number of anilines is 1. The van der Waals surface area contributed by atoms with E-state index in [4.69, 9.17) is 17.3 Å². The molecule has 0 fully saturated rings. The number of halogens is 1. The molecule has 102 valence electrons. The maximum atomic E-state index is 12.2. The summed E-state index contributed by atoms with van der Waals surface area (Å²) in [5.74, 6) is 0. The molecule has 7 heteroatoms. The van der Waals surface area contributed by atoms with Gasteiger partial charge in [0.05, 0.1) is 10.7 Å². The van der Waals surface area contributed by atoms with Gasteiger partial charge in [-0.3, -0.25) is 0 Å². The number of hydrogen-bond donors (Lipinski definition) is 2. The van der Waals surface area contributed by atoms with Gasteiger partial charge in [-0.2, -0.15) is 11.8 Å². The van der Waals surface area contributed by atoms with E-state index in [-0.39, 0.29) is 20.4 Å². The second-order valence-electron chi connectivity index (χ2n) is 4.45. The topological polar surface area (TPSA) is 72.2 Å². The monoisotopic (exact) mass is 308 g/mol. The Kier molecular flexibility index (Phi) is 4.94. The minimum absolute atomic E-state index is 0.0523. The number of thioether (sulfide) groups is 1. The molecule has 0 atom stereocenters. The molecule has 0 unspecified atom stereocenters. The Morgan fingerprint density at radius 1 is 1.44 bits per heavy atom. The molecule has 1 aromatic rings. The van der Waals surface area contributed by atoms with Gasteiger partial charge in [-0.15, -0.1) is 0 Å². The molecular formula is C11H17ClN2O2S2. The highest BCUT2D eigenvalue weighted by atomic mass is 35.5. The van der Waals surface area contributed by atoms with Crippen molar-refractivity contribution in [1.82, 2.24) is 4.72 Å². The SMILES string of the molecule is CSC(C)(C)CNS(=O)(=O)c1c(N)cccc1Cl. The van der Waals surface area contributed by atoms with E-state index in [1.807, 2.05) is 20.1 Å². The molecule has 0 bridgehead atoms. The van der Waals surface area contributed by atoms with E-state index in [2.05, 4.69) is 4.72 Å². The molecule has 0 aliphatic carbocycles. The number of nitrogen functional groups attached to an aromatic ring is 1. The van der Waals surface area contributed by atoms with Gasteiger partial charge >= 0.3 is 0 Å². The molecule has 3 N–H and O–H groups in total. The van der Waals surface area contributed by atoms with Crippen molar-refractivity contribution >= 4 is 39.1 Å². The molecule has 0 saturated carbocycles. The first-order chi connectivity index (χ1) is 8.19. The summed E-state index contributed by atoms with van der Waals surface area (Å²) >= 11 is 7.47. The molecule has 0 amide bonds. The minimum Gasteiger partial charge on any atom is -0.398 e. The van der Waals surface area contributed by atoms with Crippen LogP contribution in [0.4, 0.5) is 5.69 Å². The zero-order valence-corrected chi connectivity index (χ0v) is 12.9. The predicted octanol–water partition coefficient (Wildman–Crippen LogP) is 2.34. The fraction of sp³-hybridized carbons (Fsp3) is 0.455. The summed E-state index contributed by atoms with van der Waals surface area (Å²) in [6, 6.07) is 4.63. The molecule has 4 nitrogen and oxygen atoms in total. The Labute approximate surface area is 117 Å². The molecule has 1 rings (SSSR count). The fourth-order valence-corrected chi connectivity index (χ4v) is 3.41. The lowest BCUT2D eigenvalue weighted by atomic mass is 10.2. The van der Waals surface area contributed by atoms with Crippen molar-refractivity contribution in [2.24, 2.45) is 0 Å². The van der Waals surface area contributed by atoms with Crippen LogP contribution in [0, 0.1) is 0 Å². The summed E-state index contributed by atoms with van der Waals surface area (Å²) < 4.78 is 26.6. The normalized spacial score (nSPS) is 12.7. The van der Waals surface area contributed by atoms with E-state index in [1.165, 1.54) is 12.1 Å². The lowest BCUT2D eigenvalue weighted by molar-refractivity contribution is 0.571. The van der Waals surface area contributed by atoms with E-state index in [1.54, 1.807) is 17.8 Å². The van der Waals surface area contributed by atoms with Crippen molar-refractivity contribution in [3.63, 3.8) is 0 Å². The summed E-state index contributed by atoms with van der Waals surface area (Å²) in [4.78, 5) is -0.0523. The number of rotatable bonds is 5. The van der Waals surface area contributed by atoms with Gasteiger partial charge in [-0.05, 0) is 32.2 Å². The van der Waals surface area contributed by atoms with Crippen LogP contribution in [0.1, 0.15) is 13.8 Å². The van der Waals surface area contributed by atoms with E-state index in [0.29, 0.717) is 6.54 Å². The van der Waals surface area contributed by atoms with Crippen LogP contribution in [0.3, 0.4) is 0 Å². The molecule has 0 aliphatic heterocycles. The van der Waals surface area contributed by atoms with Gasteiger partial charge < -0.3 is 5.73 Å². The summed E-state index contributed by atoms with van der Waals surface area (Å²) in [5.41, 5.74) is 5.82. The quantitative estimate of drug-likeness (QED) is 0.819. The van der Waals surface area contributed by atoms with Crippen LogP contribution in [0.5, 0.6) is 0 Å². The number of nitrogens with one attached hydrogen (secondary N) is 1. The van der Waals surface area contributed by atoms with Gasteiger partial charge in [-0.1, -0.05) is 17.7 Å². The van der Waals surface area contributed by atoms with Crippen molar-refractivity contribution in [3.05, 3.63) is 23.2 Å². The third-order valence-corrected chi connectivity index (χ3v) is 5.70. The van der Waals surface area contributed by atoms with Crippen LogP contribution in [-0.4, -0.2) is 26.0 Å². The number of nitrogens with two attached hydrogens (primary N) is 1. The van der Waals surface area contributed by atoms with E-state index in [9.17, 15) is 8.42 Å². The average molecular weight is 309 g/mol. The Balaban J connectivity index is 3.01. The largest absolute Gasteiger partial charge is 0.398 e. The Bertz CT molecular complexity index is 510. The fourth-order valence-electron chi connectivity index (χ4n) is 1.22. The molecule has 0 aliphatic rings. The third kappa shape index (κ3) is 3.78. The number of hydrogen-bond acceptors (Lipinski definition) is 4. The summed E-state index contributed by atoms with van der Waals surface area (Å²) in [7, 11) is -3.69. The summed E-state index contributed by atoms with van der Waals surface area (Å²) in [6.45, 7) is 4.22. The van der Waals surface area contributed by atoms with Crippen LogP contribution >= 0.6 is 23.4 Å². The second kappa shape index (κ2) is 5.69. The Morgan fingerprint density at radius 3 is 2.56 bits per heavy atom. The first kappa shape index (κ1) is 15.6. The number of benzene rings is 1. The molecule has 0 radical (unpaired) electrons. The summed E-state index contributed by atoms with van der Waals surface area (Å²) in [5, 5.41) is 0.129. The van der Waals surface area contributed by atoms with Gasteiger partial charge in [0.2, 0.25) is 10.0 Å². The number of sulfonamides is 1. The molecule has 0 aromatic heterocycles. The lowest BCUT2D eigenvalue weighted by Gasteiger charge is -2.22. The van der Waals surface area contributed by atoms with Gasteiger partial charge in [0.25, 0.3) is 0 Å². The highest BCUT2D eigenvalue weighted by Crippen LogP contribution is 2.27. The molecule has 0 heterocycles. The van der Waals surface area contributed by atoms with E-state index < -0.39 is 10.0 Å². The highest BCUT2D eigenvalue weighted by molar-refractivity contribution is 8.00. The van der Waals surface area contributed by atoms with Gasteiger partial charge in [-0.25, -0.2) is 13.1 Å².